The Kier molecular flexibility index (Phi) is 5.56. The number of hydrogen-bond acceptors (Lipinski definition) is 3. The van der Waals surface area contributed by atoms with Crippen LogP contribution in [0, 0.1) is 0 Å². The van der Waals surface area contributed by atoms with E-state index in [9.17, 15) is 0 Å². The van der Waals surface area contributed by atoms with E-state index in [4.69, 9.17) is 10.5 Å². The van der Waals surface area contributed by atoms with Crippen LogP contribution in [0.15, 0.2) is 74.6 Å². The molecule has 3 nitrogen and oxygen atoms in total. The second-order valence-electron chi connectivity index (χ2n) is 5.44. The second-order valence-corrected chi connectivity index (χ2v) is 7.21. The summed E-state index contributed by atoms with van der Waals surface area (Å²) in [5.74, 6) is 0.755. The van der Waals surface area contributed by atoms with Crippen molar-refractivity contribution in [1.82, 2.24) is 0 Å². The van der Waals surface area contributed by atoms with Gasteiger partial charge in [0.2, 0.25) is 0 Å². The van der Waals surface area contributed by atoms with Gasteiger partial charge in [-0.15, -0.1) is 0 Å². The van der Waals surface area contributed by atoms with Crippen molar-refractivity contribution in [3.05, 3.63) is 75.2 Å². The lowest BCUT2D eigenvalue weighted by Gasteiger charge is -2.08. The lowest BCUT2D eigenvalue weighted by Crippen LogP contribution is -1.92. The molecule has 0 bridgehead atoms. The van der Waals surface area contributed by atoms with E-state index in [0.29, 0.717) is 0 Å². The number of halogens is 2. The van der Waals surface area contributed by atoms with Crippen molar-refractivity contribution in [3.63, 3.8) is 0 Å². The zero-order chi connectivity index (χ0) is 17.8. The Morgan fingerprint density at radius 2 is 1.52 bits per heavy atom. The molecule has 0 atom stereocenters. The van der Waals surface area contributed by atoms with Gasteiger partial charge in [0.25, 0.3) is 0 Å². The lowest BCUT2D eigenvalue weighted by atomic mass is 10.1. The van der Waals surface area contributed by atoms with E-state index < -0.39 is 0 Å². The summed E-state index contributed by atoms with van der Waals surface area (Å²) in [4.78, 5) is 4.55. The molecule has 0 aliphatic heterocycles. The molecule has 25 heavy (non-hydrogen) atoms. The third kappa shape index (κ3) is 4.30. The average Bonchev–Trinajstić information content (AvgIpc) is 2.61. The Morgan fingerprint density at radius 3 is 2.12 bits per heavy atom. The molecule has 0 fully saturated rings. The second kappa shape index (κ2) is 7.85. The maximum atomic E-state index is 5.73. The molecule has 0 heterocycles. The van der Waals surface area contributed by atoms with Crippen LogP contribution in [-0.2, 0) is 0 Å². The van der Waals surface area contributed by atoms with E-state index in [1.54, 1.807) is 13.3 Å². The van der Waals surface area contributed by atoms with E-state index in [1.807, 2.05) is 60.7 Å². The molecule has 0 saturated carbocycles. The molecule has 0 aliphatic rings. The highest BCUT2D eigenvalue weighted by atomic mass is 79.9. The van der Waals surface area contributed by atoms with E-state index in [-0.39, 0.29) is 0 Å². The summed E-state index contributed by atoms with van der Waals surface area (Å²) in [5, 5.41) is 0. The summed E-state index contributed by atoms with van der Waals surface area (Å²) in [5.41, 5.74) is 10.5. The molecular formula is C20H16Br2N2O. The summed E-state index contributed by atoms with van der Waals surface area (Å²) >= 11 is 6.99. The summed E-state index contributed by atoms with van der Waals surface area (Å²) < 4.78 is 7.27. The average molecular weight is 460 g/mol. The number of nitrogens with zero attached hydrogens (tertiary/aromatic N) is 1. The number of benzene rings is 3. The molecule has 0 spiro atoms. The Bertz CT molecular complexity index is 904. The van der Waals surface area contributed by atoms with Crippen molar-refractivity contribution in [2.75, 3.05) is 12.8 Å². The predicted octanol–water partition coefficient (Wildman–Crippen LogP) is 6.22. The van der Waals surface area contributed by atoms with E-state index in [0.717, 1.165) is 42.8 Å². The Balaban J connectivity index is 1.84. The van der Waals surface area contributed by atoms with Gasteiger partial charge in [0, 0.05) is 21.9 Å². The number of nitrogen functional groups attached to an aromatic ring is 1. The number of rotatable bonds is 4. The van der Waals surface area contributed by atoms with Crippen molar-refractivity contribution >= 4 is 49.4 Å². The first-order valence-corrected chi connectivity index (χ1v) is 9.18. The van der Waals surface area contributed by atoms with Crippen LogP contribution in [0.25, 0.3) is 11.1 Å². The minimum absolute atomic E-state index is 0.755. The first kappa shape index (κ1) is 17.7. The molecule has 0 radical (unpaired) electrons. The summed E-state index contributed by atoms with van der Waals surface area (Å²) in [6, 6.07) is 19.8. The Morgan fingerprint density at radius 1 is 0.920 bits per heavy atom. The van der Waals surface area contributed by atoms with Gasteiger partial charge >= 0.3 is 0 Å². The van der Waals surface area contributed by atoms with Gasteiger partial charge in [0.05, 0.1) is 17.3 Å². The van der Waals surface area contributed by atoms with Gasteiger partial charge in [-0.2, -0.15) is 0 Å². The van der Waals surface area contributed by atoms with Crippen molar-refractivity contribution in [1.29, 1.82) is 0 Å². The van der Waals surface area contributed by atoms with E-state index in [2.05, 4.69) is 36.9 Å². The molecule has 2 N–H and O–H groups in total. The summed E-state index contributed by atoms with van der Waals surface area (Å²) in [7, 11) is 1.65. The number of anilines is 1. The SMILES string of the molecule is COc1c(Br)cc(Br)cc1C=Nc1ccc(-c2ccc(N)cc2)cc1. The van der Waals surface area contributed by atoms with Gasteiger partial charge in [-0.25, -0.2) is 0 Å². The van der Waals surface area contributed by atoms with Gasteiger partial charge < -0.3 is 10.5 Å². The number of ether oxygens (including phenoxy) is 1. The quantitative estimate of drug-likeness (QED) is 0.371. The van der Waals surface area contributed by atoms with Crippen LogP contribution in [0.2, 0.25) is 0 Å². The minimum Gasteiger partial charge on any atom is -0.495 e. The monoisotopic (exact) mass is 458 g/mol. The van der Waals surface area contributed by atoms with Gasteiger partial charge in [-0.3, -0.25) is 4.99 Å². The molecule has 0 saturated heterocycles. The van der Waals surface area contributed by atoms with E-state index >= 15 is 0 Å². The number of hydrogen-bond donors (Lipinski definition) is 1. The highest BCUT2D eigenvalue weighted by molar-refractivity contribution is 9.11. The van der Waals surface area contributed by atoms with Crippen molar-refractivity contribution < 1.29 is 4.74 Å². The molecule has 126 valence electrons. The molecule has 3 aromatic rings. The predicted molar refractivity (Wildman–Crippen MR) is 112 cm³/mol. The van der Waals surface area contributed by atoms with Crippen LogP contribution in [-0.4, -0.2) is 13.3 Å². The molecule has 3 aromatic carbocycles. The molecule has 0 aliphatic carbocycles. The van der Waals surface area contributed by atoms with Crippen LogP contribution in [0.4, 0.5) is 11.4 Å². The van der Waals surface area contributed by atoms with Crippen LogP contribution in [0.1, 0.15) is 5.56 Å². The highest BCUT2D eigenvalue weighted by Gasteiger charge is 2.07. The van der Waals surface area contributed by atoms with Crippen molar-refractivity contribution in [2.45, 2.75) is 0 Å². The van der Waals surface area contributed by atoms with Gasteiger partial charge in [0.15, 0.2) is 0 Å². The molecule has 0 unspecified atom stereocenters. The third-order valence-electron chi connectivity index (χ3n) is 3.71. The maximum absolute atomic E-state index is 5.73. The normalized spacial score (nSPS) is 11.0. The van der Waals surface area contributed by atoms with Gasteiger partial charge in [0.1, 0.15) is 5.75 Å². The molecule has 0 amide bonds. The fourth-order valence-corrected chi connectivity index (χ4v) is 3.87. The molecular weight excluding hydrogens is 444 g/mol. The molecule has 3 rings (SSSR count). The zero-order valence-electron chi connectivity index (χ0n) is 13.5. The molecule has 5 heteroatoms. The lowest BCUT2D eigenvalue weighted by molar-refractivity contribution is 0.411. The van der Waals surface area contributed by atoms with Crippen LogP contribution >= 0.6 is 31.9 Å². The van der Waals surface area contributed by atoms with Crippen LogP contribution in [0.3, 0.4) is 0 Å². The smallest absolute Gasteiger partial charge is 0.141 e. The number of aliphatic imine (C=N–C) groups is 1. The summed E-state index contributed by atoms with van der Waals surface area (Å²) in [6.07, 6.45) is 1.80. The highest BCUT2D eigenvalue weighted by Crippen LogP contribution is 2.32. The Labute approximate surface area is 163 Å². The van der Waals surface area contributed by atoms with Crippen LogP contribution < -0.4 is 10.5 Å². The Hall–Kier alpha value is -2.11. The minimum atomic E-state index is 0.755. The van der Waals surface area contributed by atoms with E-state index in [1.165, 1.54) is 0 Å². The van der Waals surface area contributed by atoms with Gasteiger partial charge in [-0.1, -0.05) is 40.2 Å². The number of nitrogens with two attached hydrogens (primary N) is 1. The van der Waals surface area contributed by atoms with Crippen LogP contribution in [0.5, 0.6) is 5.75 Å². The standard InChI is InChI=1S/C20H16Br2N2O/c1-25-20-15(10-16(21)11-19(20)22)12-24-18-8-4-14(5-9-18)13-2-6-17(23)7-3-13/h2-12H,23H2,1H3. The van der Waals surface area contributed by atoms with Gasteiger partial charge in [-0.05, 0) is 63.5 Å². The maximum Gasteiger partial charge on any atom is 0.141 e. The third-order valence-corrected chi connectivity index (χ3v) is 4.75. The summed E-state index contributed by atoms with van der Waals surface area (Å²) in [6.45, 7) is 0. The zero-order valence-corrected chi connectivity index (χ0v) is 16.7. The largest absolute Gasteiger partial charge is 0.495 e. The first-order chi connectivity index (χ1) is 12.1. The first-order valence-electron chi connectivity index (χ1n) is 7.60. The fourth-order valence-electron chi connectivity index (χ4n) is 2.45. The fraction of sp³-hybridized carbons (Fsp3) is 0.0500. The number of methoxy groups -OCH3 is 1. The van der Waals surface area contributed by atoms with Crippen molar-refractivity contribution in [2.24, 2.45) is 4.99 Å². The topological polar surface area (TPSA) is 47.6 Å². The molecule has 0 aromatic heterocycles. The van der Waals surface area contributed by atoms with Crippen molar-refractivity contribution in [3.8, 4) is 16.9 Å².